The third-order valence-electron chi connectivity index (χ3n) is 2.38. The van der Waals surface area contributed by atoms with Crippen LogP contribution in [0.15, 0.2) is 12.1 Å². The maximum atomic E-state index is 11.8. The van der Waals surface area contributed by atoms with Crippen molar-refractivity contribution in [3.05, 3.63) is 27.7 Å². The minimum atomic E-state index is -0.388. The minimum Gasteiger partial charge on any atom is -0.480 e. The molecule has 0 radical (unpaired) electrons. The number of rotatable bonds is 2. The average Bonchev–Trinajstić information content (AvgIpc) is 2.47. The third kappa shape index (κ3) is 1.84. The summed E-state index contributed by atoms with van der Waals surface area (Å²) in [5.74, 6) is 0.459. The van der Waals surface area contributed by atoms with E-state index >= 15 is 0 Å². The first kappa shape index (κ1) is 10.8. The van der Waals surface area contributed by atoms with Crippen LogP contribution in [0.4, 0.5) is 0 Å². The van der Waals surface area contributed by atoms with Crippen molar-refractivity contribution < 1.29 is 9.53 Å². The van der Waals surface area contributed by atoms with Crippen molar-refractivity contribution in [2.45, 2.75) is 25.9 Å². The normalized spacial score (nSPS) is 18.9. The van der Waals surface area contributed by atoms with Gasteiger partial charge in [-0.05, 0) is 18.6 Å². The molecule has 1 heterocycles. The lowest BCUT2D eigenvalue weighted by Crippen LogP contribution is -2.19. The Kier molecular flexibility index (Phi) is 2.89. The molecular weight excluding hydrogens is 235 g/mol. The predicted octanol–water partition coefficient (Wildman–Crippen LogP) is 3.74. The van der Waals surface area contributed by atoms with Gasteiger partial charge in [-0.2, -0.15) is 0 Å². The molecule has 0 fully saturated rings. The lowest BCUT2D eigenvalue weighted by molar-refractivity contribution is 0.0845. The highest BCUT2D eigenvalue weighted by Crippen LogP contribution is 2.39. The third-order valence-corrected chi connectivity index (χ3v) is 2.88. The zero-order valence-corrected chi connectivity index (χ0v) is 9.73. The molecule has 0 saturated carbocycles. The summed E-state index contributed by atoms with van der Waals surface area (Å²) in [5, 5.41) is 0.873. The molecule has 1 aliphatic heterocycles. The Morgan fingerprint density at radius 2 is 2.13 bits per heavy atom. The molecule has 4 heteroatoms. The summed E-state index contributed by atoms with van der Waals surface area (Å²) in [7, 11) is 0. The fourth-order valence-corrected chi connectivity index (χ4v) is 2.22. The molecule has 0 spiro atoms. The van der Waals surface area contributed by atoms with Gasteiger partial charge in [0.05, 0.1) is 10.6 Å². The van der Waals surface area contributed by atoms with Crippen LogP contribution in [0.1, 0.15) is 30.1 Å². The Bertz CT molecular complexity index is 415. The first-order valence-electron chi connectivity index (χ1n) is 4.83. The molecule has 0 bridgehead atoms. The van der Waals surface area contributed by atoms with Crippen LogP contribution in [0.5, 0.6) is 5.75 Å². The number of hydrogen-bond donors (Lipinski definition) is 0. The standard InChI is InChI=1S/C11H10Cl2O2/c1-2-3-9-10(14)7-4-6(12)5-8(13)11(7)15-9/h4-5,9H,2-3H2,1H3. The van der Waals surface area contributed by atoms with E-state index in [2.05, 4.69) is 0 Å². The molecule has 0 aliphatic carbocycles. The lowest BCUT2D eigenvalue weighted by atomic mass is 10.1. The number of ether oxygens (including phenoxy) is 1. The molecule has 1 atom stereocenters. The van der Waals surface area contributed by atoms with Crippen LogP contribution in [0.2, 0.25) is 10.0 Å². The largest absolute Gasteiger partial charge is 0.480 e. The van der Waals surface area contributed by atoms with Crippen molar-refractivity contribution in [3.8, 4) is 5.75 Å². The highest BCUT2D eigenvalue weighted by Gasteiger charge is 2.33. The molecule has 1 aromatic rings. The van der Waals surface area contributed by atoms with Gasteiger partial charge in [0.1, 0.15) is 5.75 Å². The van der Waals surface area contributed by atoms with Crippen LogP contribution in [-0.2, 0) is 0 Å². The highest BCUT2D eigenvalue weighted by molar-refractivity contribution is 6.36. The lowest BCUT2D eigenvalue weighted by Gasteiger charge is -2.07. The van der Waals surface area contributed by atoms with Gasteiger partial charge in [-0.1, -0.05) is 36.5 Å². The van der Waals surface area contributed by atoms with Crippen molar-refractivity contribution in [3.63, 3.8) is 0 Å². The number of ketones is 1. The van der Waals surface area contributed by atoms with Crippen molar-refractivity contribution in [1.82, 2.24) is 0 Å². The summed E-state index contributed by atoms with van der Waals surface area (Å²) in [5.41, 5.74) is 0.506. The van der Waals surface area contributed by atoms with E-state index in [1.54, 1.807) is 12.1 Å². The molecule has 2 rings (SSSR count). The van der Waals surface area contributed by atoms with Gasteiger partial charge >= 0.3 is 0 Å². The number of benzene rings is 1. The number of fused-ring (bicyclic) bond motifs is 1. The Morgan fingerprint density at radius 1 is 1.40 bits per heavy atom. The molecule has 15 heavy (non-hydrogen) atoms. The van der Waals surface area contributed by atoms with E-state index < -0.39 is 0 Å². The average molecular weight is 245 g/mol. The summed E-state index contributed by atoms with van der Waals surface area (Å²) in [4.78, 5) is 11.8. The molecule has 0 amide bonds. The predicted molar refractivity (Wildman–Crippen MR) is 60.1 cm³/mol. The van der Waals surface area contributed by atoms with Gasteiger partial charge in [0.15, 0.2) is 6.10 Å². The maximum absolute atomic E-state index is 11.8. The molecule has 1 unspecified atom stereocenters. The molecule has 0 N–H and O–H groups in total. The van der Waals surface area contributed by atoms with Crippen LogP contribution >= 0.6 is 23.2 Å². The molecule has 2 nitrogen and oxygen atoms in total. The maximum Gasteiger partial charge on any atom is 0.207 e. The first-order chi connectivity index (χ1) is 7.13. The fourth-order valence-electron chi connectivity index (χ4n) is 1.68. The second-order valence-corrected chi connectivity index (χ2v) is 4.37. The molecule has 1 aromatic carbocycles. The number of carbonyl (C=O) groups is 1. The van der Waals surface area contributed by atoms with Gasteiger partial charge in [0, 0.05) is 5.02 Å². The Hall–Kier alpha value is -0.730. The molecule has 1 aliphatic rings. The second-order valence-electron chi connectivity index (χ2n) is 3.52. The van der Waals surface area contributed by atoms with Gasteiger partial charge in [0.2, 0.25) is 5.78 Å². The Morgan fingerprint density at radius 3 is 2.80 bits per heavy atom. The van der Waals surface area contributed by atoms with Gasteiger partial charge in [-0.25, -0.2) is 0 Å². The van der Waals surface area contributed by atoms with E-state index in [1.165, 1.54) is 0 Å². The van der Waals surface area contributed by atoms with Gasteiger partial charge in [-0.15, -0.1) is 0 Å². The minimum absolute atomic E-state index is 0.0174. The summed E-state index contributed by atoms with van der Waals surface area (Å²) in [6.45, 7) is 2.01. The van der Waals surface area contributed by atoms with E-state index in [0.717, 1.165) is 6.42 Å². The zero-order chi connectivity index (χ0) is 11.0. The quantitative estimate of drug-likeness (QED) is 0.793. The summed E-state index contributed by atoms with van der Waals surface area (Å²) in [6.07, 6.45) is 1.22. The molecule has 80 valence electrons. The molecule has 0 aromatic heterocycles. The van der Waals surface area contributed by atoms with E-state index in [9.17, 15) is 4.79 Å². The van der Waals surface area contributed by atoms with Gasteiger partial charge < -0.3 is 4.74 Å². The Balaban J connectivity index is 2.41. The van der Waals surface area contributed by atoms with Crippen molar-refractivity contribution in [1.29, 1.82) is 0 Å². The number of hydrogen-bond acceptors (Lipinski definition) is 2. The monoisotopic (exact) mass is 244 g/mol. The number of carbonyl (C=O) groups excluding carboxylic acids is 1. The highest BCUT2D eigenvalue weighted by atomic mass is 35.5. The van der Waals surface area contributed by atoms with Crippen molar-refractivity contribution in [2.75, 3.05) is 0 Å². The van der Waals surface area contributed by atoms with E-state index in [4.69, 9.17) is 27.9 Å². The van der Waals surface area contributed by atoms with Crippen LogP contribution in [0, 0.1) is 0 Å². The summed E-state index contributed by atoms with van der Waals surface area (Å²) >= 11 is 11.8. The Labute approximate surface area is 98.1 Å². The zero-order valence-electron chi connectivity index (χ0n) is 8.22. The smallest absolute Gasteiger partial charge is 0.207 e. The molecular formula is C11H10Cl2O2. The number of Topliss-reactive ketones (excluding diaryl/α,β-unsaturated/α-hetero) is 1. The van der Waals surface area contributed by atoms with Crippen molar-refractivity contribution in [2.24, 2.45) is 0 Å². The van der Waals surface area contributed by atoms with Crippen LogP contribution in [-0.4, -0.2) is 11.9 Å². The van der Waals surface area contributed by atoms with Crippen LogP contribution in [0.25, 0.3) is 0 Å². The first-order valence-corrected chi connectivity index (χ1v) is 5.59. The van der Waals surface area contributed by atoms with E-state index in [0.29, 0.717) is 27.8 Å². The summed E-state index contributed by atoms with van der Waals surface area (Å²) in [6, 6.07) is 3.20. The number of halogens is 2. The summed E-state index contributed by atoms with van der Waals surface area (Å²) < 4.78 is 5.51. The van der Waals surface area contributed by atoms with Gasteiger partial charge in [-0.3, -0.25) is 4.79 Å². The molecule has 0 saturated heterocycles. The van der Waals surface area contributed by atoms with Crippen LogP contribution in [0.3, 0.4) is 0 Å². The van der Waals surface area contributed by atoms with E-state index in [1.807, 2.05) is 6.92 Å². The topological polar surface area (TPSA) is 26.3 Å². The fraction of sp³-hybridized carbons (Fsp3) is 0.364. The SMILES string of the molecule is CCCC1Oc2c(Cl)cc(Cl)cc2C1=O. The van der Waals surface area contributed by atoms with Gasteiger partial charge in [0.25, 0.3) is 0 Å². The van der Waals surface area contributed by atoms with Crippen LogP contribution < -0.4 is 4.74 Å². The van der Waals surface area contributed by atoms with Crippen molar-refractivity contribution >= 4 is 29.0 Å². The van der Waals surface area contributed by atoms with E-state index in [-0.39, 0.29) is 11.9 Å². The second kappa shape index (κ2) is 4.03.